The van der Waals surface area contributed by atoms with E-state index in [1.807, 2.05) is 0 Å². The van der Waals surface area contributed by atoms with E-state index in [-0.39, 0.29) is 19.0 Å². The maximum atomic E-state index is 13.5. The standard InChI is InChI=1S/C11H11F4NO2.ClH/c1-2-18-10(17)11(14,15)9(16)6-4-3-5-7(12)8(6)13;/h3-5,9H,2,16H2,1H3;1H/t9-;/m0./s1. The van der Waals surface area contributed by atoms with Crippen LogP contribution in [0.3, 0.4) is 0 Å². The van der Waals surface area contributed by atoms with E-state index in [4.69, 9.17) is 5.73 Å². The summed E-state index contributed by atoms with van der Waals surface area (Å²) in [5.74, 6) is -8.83. The van der Waals surface area contributed by atoms with Crippen LogP contribution in [0, 0.1) is 11.6 Å². The van der Waals surface area contributed by atoms with Gasteiger partial charge in [-0.05, 0) is 13.0 Å². The van der Waals surface area contributed by atoms with Gasteiger partial charge in [0.15, 0.2) is 11.6 Å². The molecule has 0 saturated carbocycles. The third-order valence-corrected chi connectivity index (χ3v) is 2.25. The molecule has 0 aliphatic carbocycles. The van der Waals surface area contributed by atoms with E-state index in [0.717, 1.165) is 18.2 Å². The highest BCUT2D eigenvalue weighted by atomic mass is 35.5. The first-order valence-corrected chi connectivity index (χ1v) is 5.06. The van der Waals surface area contributed by atoms with Gasteiger partial charge in [-0.15, -0.1) is 12.4 Å². The average molecular weight is 302 g/mol. The van der Waals surface area contributed by atoms with Crippen molar-refractivity contribution in [1.29, 1.82) is 0 Å². The molecule has 1 aromatic rings. The molecule has 2 N–H and O–H groups in total. The van der Waals surface area contributed by atoms with Crippen molar-refractivity contribution < 1.29 is 27.1 Å². The molecule has 0 heterocycles. The van der Waals surface area contributed by atoms with Gasteiger partial charge in [0.05, 0.1) is 6.61 Å². The second-order valence-electron chi connectivity index (χ2n) is 3.46. The smallest absolute Gasteiger partial charge is 0.379 e. The number of benzene rings is 1. The van der Waals surface area contributed by atoms with Gasteiger partial charge >= 0.3 is 11.9 Å². The summed E-state index contributed by atoms with van der Waals surface area (Å²) in [4.78, 5) is 11.0. The fraction of sp³-hybridized carbons (Fsp3) is 0.364. The summed E-state index contributed by atoms with van der Waals surface area (Å²) >= 11 is 0. The number of hydrogen-bond acceptors (Lipinski definition) is 3. The third-order valence-electron chi connectivity index (χ3n) is 2.25. The van der Waals surface area contributed by atoms with Crippen molar-refractivity contribution >= 4 is 18.4 Å². The van der Waals surface area contributed by atoms with Gasteiger partial charge in [-0.1, -0.05) is 12.1 Å². The van der Waals surface area contributed by atoms with Gasteiger partial charge in [0.25, 0.3) is 0 Å². The molecular weight excluding hydrogens is 290 g/mol. The normalized spacial score (nSPS) is 12.5. The predicted octanol–water partition coefficient (Wildman–Crippen LogP) is 2.58. The lowest BCUT2D eigenvalue weighted by atomic mass is 10.0. The van der Waals surface area contributed by atoms with Gasteiger partial charge in [0.2, 0.25) is 0 Å². The van der Waals surface area contributed by atoms with Crippen LogP contribution in [0.1, 0.15) is 18.5 Å². The van der Waals surface area contributed by atoms with Crippen LogP contribution >= 0.6 is 12.4 Å². The molecule has 0 spiro atoms. The minimum Gasteiger partial charge on any atom is -0.462 e. The molecule has 0 unspecified atom stereocenters. The molecular formula is C11H12ClF4NO2. The summed E-state index contributed by atoms with van der Waals surface area (Å²) in [6.45, 7) is 1.06. The fourth-order valence-corrected chi connectivity index (χ4v) is 1.31. The SMILES string of the molecule is CCOC(=O)C(F)(F)[C@@H](N)c1cccc(F)c1F.Cl. The Labute approximate surface area is 113 Å². The molecule has 0 amide bonds. The van der Waals surface area contributed by atoms with Crippen LogP contribution in [-0.2, 0) is 9.53 Å². The molecule has 0 radical (unpaired) electrons. The lowest BCUT2D eigenvalue weighted by Gasteiger charge is -2.22. The van der Waals surface area contributed by atoms with Crippen molar-refractivity contribution in [3.05, 3.63) is 35.4 Å². The number of carbonyl (C=O) groups is 1. The Morgan fingerprint density at radius 3 is 2.53 bits per heavy atom. The average Bonchev–Trinajstić information content (AvgIpc) is 2.32. The topological polar surface area (TPSA) is 52.3 Å². The zero-order valence-corrected chi connectivity index (χ0v) is 10.6. The Morgan fingerprint density at radius 2 is 2.00 bits per heavy atom. The van der Waals surface area contributed by atoms with E-state index >= 15 is 0 Å². The Bertz CT molecular complexity index is 456. The predicted molar refractivity (Wildman–Crippen MR) is 62.1 cm³/mol. The maximum absolute atomic E-state index is 13.5. The molecule has 0 aliphatic rings. The van der Waals surface area contributed by atoms with Crippen molar-refractivity contribution in [2.24, 2.45) is 5.73 Å². The van der Waals surface area contributed by atoms with Crippen molar-refractivity contribution in [3.63, 3.8) is 0 Å². The zero-order chi connectivity index (χ0) is 13.9. The summed E-state index contributed by atoms with van der Waals surface area (Å²) in [6, 6.07) is 0.353. The van der Waals surface area contributed by atoms with Crippen LogP contribution in [0.4, 0.5) is 17.6 Å². The maximum Gasteiger partial charge on any atom is 0.379 e. The molecule has 8 heteroatoms. The first-order valence-electron chi connectivity index (χ1n) is 5.06. The van der Waals surface area contributed by atoms with E-state index in [1.165, 1.54) is 6.92 Å². The second-order valence-corrected chi connectivity index (χ2v) is 3.46. The highest BCUT2D eigenvalue weighted by Crippen LogP contribution is 2.32. The van der Waals surface area contributed by atoms with Gasteiger partial charge < -0.3 is 10.5 Å². The summed E-state index contributed by atoms with van der Waals surface area (Å²) in [5, 5.41) is 0. The number of nitrogens with two attached hydrogens (primary N) is 1. The van der Waals surface area contributed by atoms with Gasteiger partial charge in [-0.3, -0.25) is 0 Å². The largest absolute Gasteiger partial charge is 0.462 e. The molecule has 0 saturated heterocycles. The van der Waals surface area contributed by atoms with E-state index in [9.17, 15) is 22.4 Å². The number of rotatable bonds is 4. The van der Waals surface area contributed by atoms with E-state index < -0.39 is 35.1 Å². The molecule has 19 heavy (non-hydrogen) atoms. The van der Waals surface area contributed by atoms with Gasteiger partial charge in [-0.25, -0.2) is 13.6 Å². The van der Waals surface area contributed by atoms with Crippen molar-refractivity contribution in [2.45, 2.75) is 18.9 Å². The lowest BCUT2D eigenvalue weighted by molar-refractivity contribution is -0.174. The minimum absolute atomic E-state index is 0. The third kappa shape index (κ3) is 3.57. The van der Waals surface area contributed by atoms with Gasteiger partial charge in [-0.2, -0.15) is 8.78 Å². The zero-order valence-electron chi connectivity index (χ0n) is 9.83. The number of ether oxygens (including phenoxy) is 1. The number of hydrogen-bond donors (Lipinski definition) is 1. The second kappa shape index (κ2) is 6.72. The first kappa shape index (κ1) is 17.7. The van der Waals surface area contributed by atoms with Crippen molar-refractivity contribution in [1.82, 2.24) is 0 Å². The Balaban J connectivity index is 0.00000324. The summed E-state index contributed by atoms with van der Waals surface area (Å²) in [7, 11) is 0. The van der Waals surface area contributed by atoms with Crippen molar-refractivity contribution in [3.8, 4) is 0 Å². The minimum atomic E-state index is -4.13. The lowest BCUT2D eigenvalue weighted by Crippen LogP contribution is -2.42. The highest BCUT2D eigenvalue weighted by molar-refractivity contribution is 5.85. The van der Waals surface area contributed by atoms with Gasteiger partial charge in [0, 0.05) is 5.56 Å². The molecule has 0 aromatic heterocycles. The monoisotopic (exact) mass is 301 g/mol. The number of carbonyl (C=O) groups excluding carboxylic acids is 1. The van der Waals surface area contributed by atoms with Crippen LogP contribution < -0.4 is 5.73 Å². The number of esters is 1. The summed E-state index contributed by atoms with van der Waals surface area (Å²) < 4.78 is 57.3. The number of alkyl halides is 2. The summed E-state index contributed by atoms with van der Waals surface area (Å²) in [5.41, 5.74) is 4.33. The molecule has 3 nitrogen and oxygen atoms in total. The van der Waals surface area contributed by atoms with Crippen molar-refractivity contribution in [2.75, 3.05) is 6.61 Å². The van der Waals surface area contributed by atoms with E-state index in [1.54, 1.807) is 0 Å². The van der Waals surface area contributed by atoms with E-state index in [0.29, 0.717) is 0 Å². The Kier molecular flexibility index (Phi) is 6.24. The molecule has 1 rings (SSSR count). The van der Waals surface area contributed by atoms with Gasteiger partial charge in [0.1, 0.15) is 6.04 Å². The van der Waals surface area contributed by atoms with Crippen LogP contribution in [0.25, 0.3) is 0 Å². The number of halogens is 5. The van der Waals surface area contributed by atoms with Crippen LogP contribution in [-0.4, -0.2) is 18.5 Å². The molecule has 0 aliphatic heterocycles. The molecule has 0 fully saturated rings. The van der Waals surface area contributed by atoms with E-state index in [2.05, 4.69) is 4.74 Å². The Morgan fingerprint density at radius 1 is 1.42 bits per heavy atom. The molecule has 1 atom stereocenters. The molecule has 1 aromatic carbocycles. The van der Waals surface area contributed by atoms with Crippen LogP contribution in [0.15, 0.2) is 18.2 Å². The molecule has 0 bridgehead atoms. The van der Waals surface area contributed by atoms with Crippen LogP contribution in [0.2, 0.25) is 0 Å². The molecule has 108 valence electrons. The quantitative estimate of drug-likeness (QED) is 0.687. The fourth-order valence-electron chi connectivity index (χ4n) is 1.31. The Hall–Kier alpha value is -1.34. The van der Waals surface area contributed by atoms with Crippen LogP contribution in [0.5, 0.6) is 0 Å². The first-order chi connectivity index (χ1) is 8.32. The summed E-state index contributed by atoms with van der Waals surface area (Å²) in [6.07, 6.45) is 0. The highest BCUT2D eigenvalue weighted by Gasteiger charge is 2.48.